The number of nitrogens with zero attached hydrogens (tertiary/aromatic N) is 1. The minimum absolute atomic E-state index is 0.450. The van der Waals surface area contributed by atoms with Crippen molar-refractivity contribution >= 4 is 33.0 Å². The first-order chi connectivity index (χ1) is 7.66. The van der Waals surface area contributed by atoms with Crippen LogP contribution >= 0.6 is 27.3 Å². The molecule has 0 aliphatic heterocycles. The average Bonchev–Trinajstić information content (AvgIpc) is 2.63. The number of nitrogen functional groups attached to an aromatic ring is 1. The first-order valence-electron chi connectivity index (χ1n) is 4.74. The molecule has 0 spiro atoms. The fraction of sp³-hybridized carbons (Fsp3) is 0.182. The van der Waals surface area contributed by atoms with Crippen molar-refractivity contribution in [1.29, 1.82) is 0 Å². The topological polar surface area (TPSA) is 48.1 Å². The van der Waals surface area contributed by atoms with E-state index in [2.05, 4.69) is 20.9 Å². The summed E-state index contributed by atoms with van der Waals surface area (Å²) < 4.78 is 6.50. The van der Waals surface area contributed by atoms with Crippen molar-refractivity contribution in [2.75, 3.05) is 5.73 Å². The number of nitrogens with two attached hydrogens (primary N) is 1. The molecule has 0 radical (unpaired) electrons. The van der Waals surface area contributed by atoms with Gasteiger partial charge in [-0.15, -0.1) is 11.3 Å². The van der Waals surface area contributed by atoms with Crippen molar-refractivity contribution in [2.45, 2.75) is 13.5 Å². The first-order valence-corrected chi connectivity index (χ1v) is 6.42. The van der Waals surface area contributed by atoms with Crippen LogP contribution in [0.25, 0.3) is 0 Å². The van der Waals surface area contributed by atoms with Gasteiger partial charge in [-0.25, -0.2) is 4.98 Å². The largest absolute Gasteiger partial charge is 0.483 e. The highest BCUT2D eigenvalue weighted by Gasteiger charge is 2.06. The number of hydrogen-bond donors (Lipinski definition) is 1. The van der Waals surface area contributed by atoms with E-state index in [0.717, 1.165) is 15.2 Å². The van der Waals surface area contributed by atoms with Crippen LogP contribution in [0.2, 0.25) is 0 Å². The van der Waals surface area contributed by atoms with Gasteiger partial charge in [0.05, 0.1) is 10.2 Å². The second-order valence-corrected chi connectivity index (χ2v) is 5.13. The minimum Gasteiger partial charge on any atom is -0.483 e. The van der Waals surface area contributed by atoms with Crippen LogP contribution in [0.3, 0.4) is 0 Å². The Hall–Kier alpha value is -1.07. The lowest BCUT2D eigenvalue weighted by molar-refractivity contribution is 0.305. The van der Waals surface area contributed by atoms with Gasteiger partial charge in [-0.05, 0) is 35.0 Å². The Kier molecular flexibility index (Phi) is 3.46. The Balaban J connectivity index is 2.10. The van der Waals surface area contributed by atoms with Crippen molar-refractivity contribution < 1.29 is 4.74 Å². The van der Waals surface area contributed by atoms with Crippen LogP contribution in [0.15, 0.2) is 28.1 Å². The zero-order chi connectivity index (χ0) is 11.5. The van der Waals surface area contributed by atoms with Crippen LogP contribution in [0.4, 0.5) is 5.69 Å². The Labute approximate surface area is 106 Å². The third kappa shape index (κ3) is 2.54. The SMILES string of the molecule is Cc1csc(COc2c(N)cccc2Br)n1. The molecule has 0 saturated heterocycles. The van der Waals surface area contributed by atoms with Gasteiger partial charge in [-0.3, -0.25) is 0 Å². The van der Waals surface area contributed by atoms with Crippen molar-refractivity contribution in [1.82, 2.24) is 4.98 Å². The molecule has 5 heteroatoms. The summed E-state index contributed by atoms with van der Waals surface area (Å²) >= 11 is 4.99. The summed E-state index contributed by atoms with van der Waals surface area (Å²) in [4.78, 5) is 4.32. The van der Waals surface area contributed by atoms with E-state index in [1.54, 1.807) is 11.3 Å². The fourth-order valence-corrected chi connectivity index (χ4v) is 2.46. The van der Waals surface area contributed by atoms with E-state index in [1.165, 1.54) is 0 Å². The molecule has 2 aromatic rings. The molecule has 1 aromatic heterocycles. The van der Waals surface area contributed by atoms with Crippen LogP contribution in [-0.4, -0.2) is 4.98 Å². The minimum atomic E-state index is 0.450. The highest BCUT2D eigenvalue weighted by atomic mass is 79.9. The third-order valence-corrected chi connectivity index (χ3v) is 3.57. The molecule has 3 nitrogen and oxygen atoms in total. The van der Waals surface area contributed by atoms with Crippen LogP contribution < -0.4 is 10.5 Å². The Morgan fingerprint density at radius 3 is 2.94 bits per heavy atom. The van der Waals surface area contributed by atoms with Gasteiger partial charge in [0, 0.05) is 11.1 Å². The van der Waals surface area contributed by atoms with Crippen molar-refractivity contribution in [3.05, 3.63) is 38.8 Å². The zero-order valence-electron chi connectivity index (χ0n) is 8.74. The Morgan fingerprint density at radius 2 is 2.31 bits per heavy atom. The summed E-state index contributed by atoms with van der Waals surface area (Å²) in [6.45, 7) is 2.41. The molecule has 0 aliphatic carbocycles. The summed E-state index contributed by atoms with van der Waals surface area (Å²) in [5.41, 5.74) is 7.46. The van der Waals surface area contributed by atoms with Crippen LogP contribution in [0, 0.1) is 6.92 Å². The lowest BCUT2D eigenvalue weighted by Gasteiger charge is -2.08. The molecular formula is C11H11BrN2OS. The summed E-state index contributed by atoms with van der Waals surface area (Å²) in [7, 11) is 0. The van der Waals surface area contributed by atoms with Gasteiger partial charge in [0.2, 0.25) is 0 Å². The molecule has 0 atom stereocenters. The molecule has 1 heterocycles. The van der Waals surface area contributed by atoms with E-state index in [9.17, 15) is 0 Å². The second-order valence-electron chi connectivity index (χ2n) is 3.33. The number of benzene rings is 1. The molecule has 2 N–H and O–H groups in total. The van der Waals surface area contributed by atoms with E-state index in [1.807, 2.05) is 30.5 Å². The maximum atomic E-state index is 5.82. The summed E-state index contributed by atoms with van der Waals surface area (Å²) in [5, 5.41) is 2.95. The van der Waals surface area contributed by atoms with Crippen LogP contribution in [0.5, 0.6) is 5.75 Å². The van der Waals surface area contributed by atoms with Gasteiger partial charge >= 0.3 is 0 Å². The van der Waals surface area contributed by atoms with Crippen molar-refractivity contribution in [2.24, 2.45) is 0 Å². The van der Waals surface area contributed by atoms with Crippen molar-refractivity contribution in [3.8, 4) is 5.75 Å². The molecular weight excluding hydrogens is 288 g/mol. The quantitative estimate of drug-likeness (QED) is 0.884. The van der Waals surface area contributed by atoms with Gasteiger partial charge in [0.15, 0.2) is 5.75 Å². The van der Waals surface area contributed by atoms with Gasteiger partial charge in [0.25, 0.3) is 0 Å². The third-order valence-electron chi connectivity index (χ3n) is 2.00. The predicted octanol–water partition coefficient (Wildman–Crippen LogP) is 3.38. The van der Waals surface area contributed by atoms with Crippen molar-refractivity contribution in [3.63, 3.8) is 0 Å². The fourth-order valence-electron chi connectivity index (χ4n) is 1.28. The summed E-state index contributed by atoms with van der Waals surface area (Å²) in [6, 6.07) is 5.59. The lowest BCUT2D eigenvalue weighted by atomic mass is 10.3. The number of ether oxygens (including phenoxy) is 1. The van der Waals surface area contributed by atoms with Gasteiger partial charge in [0.1, 0.15) is 11.6 Å². The van der Waals surface area contributed by atoms with E-state index >= 15 is 0 Å². The molecule has 0 aliphatic rings. The number of hydrogen-bond acceptors (Lipinski definition) is 4. The standard InChI is InChI=1S/C11H11BrN2OS/c1-7-6-16-10(14-7)5-15-11-8(12)3-2-4-9(11)13/h2-4,6H,5,13H2,1H3. The lowest BCUT2D eigenvalue weighted by Crippen LogP contribution is -1.99. The normalized spacial score (nSPS) is 10.4. The highest BCUT2D eigenvalue weighted by molar-refractivity contribution is 9.10. The number of rotatable bonds is 3. The molecule has 0 saturated carbocycles. The predicted molar refractivity (Wildman–Crippen MR) is 69.7 cm³/mol. The molecule has 84 valence electrons. The van der Waals surface area contributed by atoms with E-state index in [0.29, 0.717) is 18.0 Å². The number of thiazole rings is 1. The maximum Gasteiger partial charge on any atom is 0.156 e. The maximum absolute atomic E-state index is 5.82. The van der Waals surface area contributed by atoms with Gasteiger partial charge < -0.3 is 10.5 Å². The first kappa shape index (κ1) is 11.4. The molecule has 1 aromatic carbocycles. The smallest absolute Gasteiger partial charge is 0.156 e. The Bertz CT molecular complexity index is 478. The van der Waals surface area contributed by atoms with Gasteiger partial charge in [-0.2, -0.15) is 0 Å². The molecule has 0 bridgehead atoms. The molecule has 0 amide bonds. The molecule has 2 rings (SSSR count). The summed E-state index contributed by atoms with van der Waals surface area (Å²) in [6.07, 6.45) is 0. The molecule has 0 unspecified atom stereocenters. The number of aryl methyl sites for hydroxylation is 1. The number of para-hydroxylation sites is 1. The van der Waals surface area contributed by atoms with E-state index < -0.39 is 0 Å². The number of aromatic nitrogens is 1. The number of anilines is 1. The average molecular weight is 299 g/mol. The van der Waals surface area contributed by atoms with E-state index in [-0.39, 0.29) is 0 Å². The second kappa shape index (κ2) is 4.84. The highest BCUT2D eigenvalue weighted by Crippen LogP contribution is 2.31. The molecule has 0 fully saturated rings. The monoisotopic (exact) mass is 298 g/mol. The number of halogens is 1. The van der Waals surface area contributed by atoms with Crippen LogP contribution in [0.1, 0.15) is 10.7 Å². The van der Waals surface area contributed by atoms with E-state index in [4.69, 9.17) is 10.5 Å². The Morgan fingerprint density at radius 1 is 1.50 bits per heavy atom. The molecule has 16 heavy (non-hydrogen) atoms. The summed E-state index contributed by atoms with van der Waals surface area (Å²) in [5.74, 6) is 0.676. The van der Waals surface area contributed by atoms with Gasteiger partial charge in [-0.1, -0.05) is 6.07 Å². The zero-order valence-corrected chi connectivity index (χ0v) is 11.1. The van der Waals surface area contributed by atoms with Crippen LogP contribution in [-0.2, 0) is 6.61 Å².